The molecular weight excluding hydrogens is 196 g/mol. The third-order valence-electron chi connectivity index (χ3n) is 3.71. The van der Waals surface area contributed by atoms with Crippen molar-refractivity contribution in [2.45, 2.75) is 64.5 Å². The summed E-state index contributed by atoms with van der Waals surface area (Å²) in [5, 5.41) is 3.78. The summed E-state index contributed by atoms with van der Waals surface area (Å²) in [6, 6.07) is 1.50. The Morgan fingerprint density at radius 2 is 1.81 bits per heavy atom. The predicted molar refractivity (Wildman–Crippen MR) is 71.8 cm³/mol. The van der Waals surface area contributed by atoms with Gasteiger partial charge in [0.1, 0.15) is 0 Å². The zero-order valence-corrected chi connectivity index (χ0v) is 11.6. The van der Waals surface area contributed by atoms with Crippen LogP contribution >= 0.6 is 0 Å². The van der Waals surface area contributed by atoms with Gasteiger partial charge in [-0.1, -0.05) is 13.3 Å². The Morgan fingerprint density at radius 1 is 1.19 bits per heavy atom. The highest BCUT2D eigenvalue weighted by atomic mass is 15.1. The van der Waals surface area contributed by atoms with Gasteiger partial charge in [0.15, 0.2) is 0 Å². The Balaban J connectivity index is 2.16. The van der Waals surface area contributed by atoms with Crippen molar-refractivity contribution in [3.8, 4) is 0 Å². The molecule has 0 heterocycles. The summed E-state index contributed by atoms with van der Waals surface area (Å²) in [4.78, 5) is 2.33. The SMILES string of the molecule is CCCC(C)NC1CCC(CN(C)C)CC1. The highest BCUT2D eigenvalue weighted by molar-refractivity contribution is 4.80. The van der Waals surface area contributed by atoms with Gasteiger partial charge in [0.25, 0.3) is 0 Å². The van der Waals surface area contributed by atoms with Crippen LogP contribution in [-0.2, 0) is 0 Å². The minimum Gasteiger partial charge on any atom is -0.312 e. The number of nitrogens with one attached hydrogen (secondary N) is 1. The zero-order chi connectivity index (χ0) is 12.0. The molecule has 0 aromatic rings. The third-order valence-corrected chi connectivity index (χ3v) is 3.71. The van der Waals surface area contributed by atoms with Crippen LogP contribution in [0.2, 0.25) is 0 Å². The summed E-state index contributed by atoms with van der Waals surface area (Å²) in [6.07, 6.45) is 8.20. The fourth-order valence-electron chi connectivity index (χ4n) is 2.95. The molecule has 1 aliphatic carbocycles. The molecule has 0 aliphatic heterocycles. The molecule has 2 nitrogen and oxygen atoms in total. The van der Waals surface area contributed by atoms with E-state index in [1.165, 1.54) is 45.1 Å². The lowest BCUT2D eigenvalue weighted by molar-refractivity contribution is 0.226. The van der Waals surface area contributed by atoms with Gasteiger partial charge in [-0.05, 0) is 59.0 Å². The van der Waals surface area contributed by atoms with E-state index in [1.54, 1.807) is 0 Å². The summed E-state index contributed by atoms with van der Waals surface area (Å²) < 4.78 is 0. The van der Waals surface area contributed by atoms with E-state index < -0.39 is 0 Å². The summed E-state index contributed by atoms with van der Waals surface area (Å²) in [5.41, 5.74) is 0. The molecule has 96 valence electrons. The van der Waals surface area contributed by atoms with Gasteiger partial charge in [0.2, 0.25) is 0 Å². The largest absolute Gasteiger partial charge is 0.312 e. The maximum atomic E-state index is 3.78. The van der Waals surface area contributed by atoms with Crippen LogP contribution in [-0.4, -0.2) is 37.6 Å². The van der Waals surface area contributed by atoms with E-state index in [0.717, 1.165) is 12.0 Å². The minimum absolute atomic E-state index is 0.709. The van der Waals surface area contributed by atoms with Crippen molar-refractivity contribution in [3.63, 3.8) is 0 Å². The maximum absolute atomic E-state index is 3.78. The standard InChI is InChI=1S/C14H30N2/c1-5-6-12(2)15-14-9-7-13(8-10-14)11-16(3)4/h12-15H,5-11H2,1-4H3. The molecule has 0 aromatic carbocycles. The van der Waals surface area contributed by atoms with Crippen LogP contribution in [0.3, 0.4) is 0 Å². The predicted octanol–water partition coefficient (Wildman–Crippen LogP) is 2.89. The molecule has 0 amide bonds. The van der Waals surface area contributed by atoms with Gasteiger partial charge in [-0.2, -0.15) is 0 Å². The Labute approximate surface area is 102 Å². The van der Waals surface area contributed by atoms with Crippen LogP contribution in [0.5, 0.6) is 0 Å². The average Bonchev–Trinajstić information content (AvgIpc) is 2.20. The van der Waals surface area contributed by atoms with Gasteiger partial charge >= 0.3 is 0 Å². The van der Waals surface area contributed by atoms with Crippen molar-refractivity contribution in [2.75, 3.05) is 20.6 Å². The van der Waals surface area contributed by atoms with Gasteiger partial charge in [-0.3, -0.25) is 0 Å². The molecule has 0 aromatic heterocycles. The maximum Gasteiger partial charge on any atom is 0.00697 e. The van der Waals surface area contributed by atoms with E-state index in [-0.39, 0.29) is 0 Å². The molecule has 16 heavy (non-hydrogen) atoms. The monoisotopic (exact) mass is 226 g/mol. The molecule has 1 aliphatic rings. The van der Waals surface area contributed by atoms with Gasteiger partial charge in [-0.25, -0.2) is 0 Å². The third kappa shape index (κ3) is 5.31. The second-order valence-electron chi connectivity index (χ2n) is 5.84. The van der Waals surface area contributed by atoms with Crippen LogP contribution < -0.4 is 5.32 Å². The molecule has 1 N–H and O–H groups in total. The second-order valence-corrected chi connectivity index (χ2v) is 5.84. The van der Waals surface area contributed by atoms with Crippen LogP contribution in [0.15, 0.2) is 0 Å². The van der Waals surface area contributed by atoms with E-state index in [0.29, 0.717) is 6.04 Å². The van der Waals surface area contributed by atoms with E-state index in [1.807, 2.05) is 0 Å². The van der Waals surface area contributed by atoms with Crippen molar-refractivity contribution >= 4 is 0 Å². The lowest BCUT2D eigenvalue weighted by Crippen LogP contribution is -2.40. The summed E-state index contributed by atoms with van der Waals surface area (Å²) >= 11 is 0. The molecule has 0 radical (unpaired) electrons. The zero-order valence-electron chi connectivity index (χ0n) is 11.6. The van der Waals surface area contributed by atoms with Crippen LogP contribution in [0.25, 0.3) is 0 Å². The lowest BCUT2D eigenvalue weighted by Gasteiger charge is -2.32. The first-order valence-corrected chi connectivity index (χ1v) is 7.02. The fraction of sp³-hybridized carbons (Fsp3) is 1.00. The Bertz CT molecular complexity index is 172. The van der Waals surface area contributed by atoms with E-state index in [2.05, 4.69) is 38.2 Å². The summed E-state index contributed by atoms with van der Waals surface area (Å²) in [5.74, 6) is 0.939. The lowest BCUT2D eigenvalue weighted by atomic mass is 9.85. The van der Waals surface area contributed by atoms with Crippen molar-refractivity contribution in [1.82, 2.24) is 10.2 Å². The molecular formula is C14H30N2. The topological polar surface area (TPSA) is 15.3 Å². The number of hydrogen-bond acceptors (Lipinski definition) is 2. The van der Waals surface area contributed by atoms with Crippen LogP contribution in [0.4, 0.5) is 0 Å². The highest BCUT2D eigenvalue weighted by Gasteiger charge is 2.22. The van der Waals surface area contributed by atoms with Crippen LogP contribution in [0.1, 0.15) is 52.4 Å². The number of nitrogens with zero attached hydrogens (tertiary/aromatic N) is 1. The van der Waals surface area contributed by atoms with E-state index in [9.17, 15) is 0 Å². The molecule has 1 rings (SSSR count). The first-order chi connectivity index (χ1) is 7.61. The first-order valence-electron chi connectivity index (χ1n) is 7.02. The van der Waals surface area contributed by atoms with Gasteiger partial charge in [0, 0.05) is 18.6 Å². The summed E-state index contributed by atoms with van der Waals surface area (Å²) in [7, 11) is 4.38. The van der Waals surface area contributed by atoms with E-state index in [4.69, 9.17) is 0 Å². The first kappa shape index (κ1) is 14.0. The van der Waals surface area contributed by atoms with Gasteiger partial charge in [-0.15, -0.1) is 0 Å². The number of hydrogen-bond donors (Lipinski definition) is 1. The van der Waals surface area contributed by atoms with E-state index >= 15 is 0 Å². The van der Waals surface area contributed by atoms with Gasteiger partial charge in [0.05, 0.1) is 0 Å². The smallest absolute Gasteiger partial charge is 0.00697 e. The van der Waals surface area contributed by atoms with Crippen molar-refractivity contribution in [3.05, 3.63) is 0 Å². The summed E-state index contributed by atoms with van der Waals surface area (Å²) in [6.45, 7) is 5.87. The molecule has 0 bridgehead atoms. The molecule has 1 atom stereocenters. The molecule has 1 fully saturated rings. The normalized spacial score (nSPS) is 28.3. The molecule has 1 unspecified atom stereocenters. The van der Waals surface area contributed by atoms with Crippen molar-refractivity contribution in [1.29, 1.82) is 0 Å². The van der Waals surface area contributed by atoms with Crippen molar-refractivity contribution < 1.29 is 0 Å². The Hall–Kier alpha value is -0.0800. The fourth-order valence-corrected chi connectivity index (χ4v) is 2.95. The van der Waals surface area contributed by atoms with Gasteiger partial charge < -0.3 is 10.2 Å². The molecule has 1 saturated carbocycles. The average molecular weight is 226 g/mol. The quantitative estimate of drug-likeness (QED) is 0.749. The minimum atomic E-state index is 0.709. The Kier molecular flexibility index (Phi) is 6.37. The molecule has 0 saturated heterocycles. The van der Waals surface area contributed by atoms with Crippen LogP contribution in [0, 0.1) is 5.92 Å². The molecule has 2 heteroatoms. The second kappa shape index (κ2) is 7.29. The molecule has 0 spiro atoms. The highest BCUT2D eigenvalue weighted by Crippen LogP contribution is 2.25. The Morgan fingerprint density at radius 3 is 2.31 bits per heavy atom. The van der Waals surface area contributed by atoms with Crippen molar-refractivity contribution in [2.24, 2.45) is 5.92 Å². The number of rotatable bonds is 6.